The van der Waals surface area contributed by atoms with Crippen LogP contribution < -0.4 is 11.3 Å². The highest BCUT2D eigenvalue weighted by molar-refractivity contribution is 6.40. The molecule has 0 aliphatic heterocycles. The number of nitrogens with two attached hydrogens (primary N) is 1. The second-order valence-corrected chi connectivity index (χ2v) is 5.43. The standard InChI is InChI=1S/C12H8Cl3N5O/c13-6-4-7(14)9(8(15)5-6)20-11(16)10(12(21)18-20)19-3-1-2-17-19/h1-5H,16H2,(H,18,21). The number of halogens is 3. The van der Waals surface area contributed by atoms with Crippen LogP contribution in [0.2, 0.25) is 15.1 Å². The first-order chi connectivity index (χ1) is 9.99. The van der Waals surface area contributed by atoms with E-state index in [1.165, 1.54) is 21.5 Å². The topological polar surface area (TPSA) is 81.6 Å². The Kier molecular flexibility index (Phi) is 3.44. The Morgan fingerprint density at radius 1 is 1.14 bits per heavy atom. The number of nitrogens with one attached hydrogen (secondary N) is 1. The van der Waals surface area contributed by atoms with Gasteiger partial charge in [0.25, 0.3) is 5.56 Å². The molecule has 9 heteroatoms. The summed E-state index contributed by atoms with van der Waals surface area (Å²) in [5.41, 5.74) is 6.13. The van der Waals surface area contributed by atoms with Gasteiger partial charge >= 0.3 is 0 Å². The number of aromatic amines is 1. The van der Waals surface area contributed by atoms with E-state index in [-0.39, 0.29) is 21.6 Å². The second-order valence-electron chi connectivity index (χ2n) is 4.18. The number of rotatable bonds is 2. The Bertz CT molecular complexity index is 843. The van der Waals surface area contributed by atoms with E-state index in [2.05, 4.69) is 10.2 Å². The summed E-state index contributed by atoms with van der Waals surface area (Å²) in [6.45, 7) is 0. The minimum Gasteiger partial charge on any atom is -0.382 e. The van der Waals surface area contributed by atoms with Gasteiger partial charge in [-0.2, -0.15) is 5.10 Å². The highest BCUT2D eigenvalue weighted by atomic mass is 35.5. The molecule has 0 radical (unpaired) electrons. The molecule has 0 aliphatic rings. The van der Waals surface area contributed by atoms with E-state index in [1.807, 2.05) is 0 Å². The molecule has 3 aromatic rings. The minimum atomic E-state index is -0.418. The van der Waals surface area contributed by atoms with Crippen LogP contribution in [0.5, 0.6) is 0 Å². The van der Waals surface area contributed by atoms with E-state index < -0.39 is 5.56 Å². The zero-order valence-corrected chi connectivity index (χ0v) is 12.6. The van der Waals surface area contributed by atoms with Crippen LogP contribution in [0.15, 0.2) is 35.4 Å². The third kappa shape index (κ3) is 2.31. The molecule has 0 saturated heterocycles. The highest BCUT2D eigenvalue weighted by Gasteiger charge is 2.19. The lowest BCUT2D eigenvalue weighted by molar-refractivity contribution is 0.871. The van der Waals surface area contributed by atoms with E-state index in [0.29, 0.717) is 10.7 Å². The van der Waals surface area contributed by atoms with Crippen LogP contribution in [0, 0.1) is 0 Å². The minimum absolute atomic E-state index is 0.134. The normalized spacial score (nSPS) is 11.0. The van der Waals surface area contributed by atoms with Crippen molar-refractivity contribution in [3.63, 3.8) is 0 Å². The molecule has 6 nitrogen and oxygen atoms in total. The van der Waals surface area contributed by atoms with Crippen LogP contribution in [0.25, 0.3) is 11.4 Å². The van der Waals surface area contributed by atoms with Crippen molar-refractivity contribution in [2.45, 2.75) is 0 Å². The van der Waals surface area contributed by atoms with Gasteiger partial charge in [-0.3, -0.25) is 9.89 Å². The molecule has 21 heavy (non-hydrogen) atoms. The van der Waals surface area contributed by atoms with Crippen molar-refractivity contribution in [2.24, 2.45) is 0 Å². The van der Waals surface area contributed by atoms with Gasteiger partial charge in [0.15, 0.2) is 11.5 Å². The summed E-state index contributed by atoms with van der Waals surface area (Å²) in [5.74, 6) is 0.134. The Morgan fingerprint density at radius 2 is 1.81 bits per heavy atom. The van der Waals surface area contributed by atoms with Crippen molar-refractivity contribution in [1.29, 1.82) is 0 Å². The van der Waals surface area contributed by atoms with Gasteiger partial charge in [-0.1, -0.05) is 34.8 Å². The third-order valence-electron chi connectivity index (χ3n) is 2.85. The average Bonchev–Trinajstić information content (AvgIpc) is 2.98. The van der Waals surface area contributed by atoms with E-state index >= 15 is 0 Å². The number of hydrogen-bond acceptors (Lipinski definition) is 3. The van der Waals surface area contributed by atoms with Crippen LogP contribution in [0.3, 0.4) is 0 Å². The fourth-order valence-corrected chi connectivity index (χ4v) is 2.97. The van der Waals surface area contributed by atoms with Crippen molar-refractivity contribution < 1.29 is 0 Å². The molecule has 0 bridgehead atoms. The van der Waals surface area contributed by atoms with Crippen molar-refractivity contribution in [3.8, 4) is 11.4 Å². The summed E-state index contributed by atoms with van der Waals surface area (Å²) in [6.07, 6.45) is 3.15. The molecule has 108 valence electrons. The molecule has 0 amide bonds. The van der Waals surface area contributed by atoms with Crippen molar-refractivity contribution in [2.75, 3.05) is 5.73 Å². The van der Waals surface area contributed by atoms with E-state index in [9.17, 15) is 4.79 Å². The molecule has 2 heterocycles. The lowest BCUT2D eigenvalue weighted by Gasteiger charge is -2.10. The van der Waals surface area contributed by atoms with Crippen LogP contribution in [0.1, 0.15) is 0 Å². The van der Waals surface area contributed by atoms with E-state index in [0.717, 1.165) is 0 Å². The molecular weight excluding hydrogens is 337 g/mol. The zero-order chi connectivity index (χ0) is 15.1. The lowest BCUT2D eigenvalue weighted by atomic mass is 10.3. The fourth-order valence-electron chi connectivity index (χ4n) is 1.98. The smallest absolute Gasteiger partial charge is 0.292 e. The Balaban J connectivity index is 2.27. The van der Waals surface area contributed by atoms with E-state index in [4.69, 9.17) is 40.5 Å². The number of anilines is 1. The number of nitrogens with zero attached hydrogens (tertiary/aromatic N) is 3. The van der Waals surface area contributed by atoms with Crippen LogP contribution in [-0.2, 0) is 0 Å². The molecule has 3 N–H and O–H groups in total. The number of nitrogen functional groups attached to an aromatic ring is 1. The zero-order valence-electron chi connectivity index (χ0n) is 10.3. The van der Waals surface area contributed by atoms with Gasteiger partial charge in [-0.25, -0.2) is 9.36 Å². The van der Waals surface area contributed by atoms with Gasteiger partial charge in [0.05, 0.1) is 10.0 Å². The van der Waals surface area contributed by atoms with Gasteiger partial charge in [0.1, 0.15) is 5.69 Å². The van der Waals surface area contributed by atoms with Gasteiger partial charge in [-0.05, 0) is 18.2 Å². The summed E-state index contributed by atoms with van der Waals surface area (Å²) in [7, 11) is 0. The molecule has 0 fully saturated rings. The molecule has 0 aliphatic carbocycles. The molecule has 2 aromatic heterocycles. The van der Waals surface area contributed by atoms with Gasteiger partial charge in [-0.15, -0.1) is 0 Å². The van der Waals surface area contributed by atoms with Gasteiger partial charge < -0.3 is 5.73 Å². The Labute approximate surface area is 133 Å². The maximum atomic E-state index is 12.1. The summed E-state index contributed by atoms with van der Waals surface area (Å²) in [6, 6.07) is 4.70. The summed E-state index contributed by atoms with van der Waals surface area (Å²) < 4.78 is 2.67. The molecular formula is C12H8Cl3N5O. The Morgan fingerprint density at radius 3 is 2.38 bits per heavy atom. The predicted octanol–water partition coefficient (Wildman–Crippen LogP) is 2.89. The molecule has 3 rings (SSSR count). The summed E-state index contributed by atoms with van der Waals surface area (Å²) in [4.78, 5) is 12.1. The SMILES string of the molecule is Nc1c(-n2cccn2)c(=O)[nH]n1-c1c(Cl)cc(Cl)cc1Cl. The van der Waals surface area contributed by atoms with E-state index in [1.54, 1.807) is 18.5 Å². The Hall–Kier alpha value is -1.89. The second kappa shape index (κ2) is 5.14. The molecule has 0 spiro atoms. The van der Waals surface area contributed by atoms with Gasteiger partial charge in [0, 0.05) is 17.4 Å². The first kappa shape index (κ1) is 14.1. The molecule has 0 saturated carbocycles. The monoisotopic (exact) mass is 343 g/mol. The molecule has 0 atom stereocenters. The van der Waals surface area contributed by atoms with Crippen LogP contribution >= 0.6 is 34.8 Å². The fraction of sp³-hybridized carbons (Fsp3) is 0. The van der Waals surface area contributed by atoms with Crippen molar-refractivity contribution >= 4 is 40.6 Å². The summed E-state index contributed by atoms with van der Waals surface area (Å²) in [5, 5.41) is 7.48. The number of benzene rings is 1. The highest BCUT2D eigenvalue weighted by Crippen LogP contribution is 2.33. The summed E-state index contributed by atoms with van der Waals surface area (Å²) >= 11 is 18.1. The van der Waals surface area contributed by atoms with Crippen molar-refractivity contribution in [1.82, 2.24) is 19.6 Å². The quantitative estimate of drug-likeness (QED) is 0.750. The number of aromatic nitrogens is 4. The maximum Gasteiger partial charge on any atom is 0.292 e. The molecule has 1 aromatic carbocycles. The van der Waals surface area contributed by atoms with Crippen LogP contribution in [0.4, 0.5) is 5.82 Å². The van der Waals surface area contributed by atoms with Gasteiger partial charge in [0.2, 0.25) is 0 Å². The molecule has 0 unspecified atom stereocenters. The third-order valence-corrected chi connectivity index (χ3v) is 3.65. The predicted molar refractivity (Wildman–Crippen MR) is 83.0 cm³/mol. The lowest BCUT2D eigenvalue weighted by Crippen LogP contribution is -2.10. The number of H-pyrrole nitrogens is 1. The maximum absolute atomic E-state index is 12.1. The first-order valence-electron chi connectivity index (χ1n) is 5.74. The first-order valence-corrected chi connectivity index (χ1v) is 6.88. The van der Waals surface area contributed by atoms with Crippen molar-refractivity contribution in [3.05, 3.63) is 56.0 Å². The average molecular weight is 345 g/mol. The largest absolute Gasteiger partial charge is 0.382 e. The van der Waals surface area contributed by atoms with Crippen LogP contribution in [-0.4, -0.2) is 19.6 Å². The number of hydrogen-bond donors (Lipinski definition) is 2.